The Hall–Kier alpha value is -2.46. The Morgan fingerprint density at radius 1 is 1.09 bits per heavy atom. The lowest BCUT2D eigenvalue weighted by molar-refractivity contribution is -0.116. The Kier molecular flexibility index (Phi) is 4.83. The second-order valence-corrected chi connectivity index (χ2v) is 6.46. The largest absolute Gasteiger partial charge is 0.302 e. The number of hydrogen-bond donors (Lipinski definition) is 1. The molecule has 1 amide bonds. The van der Waals surface area contributed by atoms with Gasteiger partial charge >= 0.3 is 0 Å². The minimum absolute atomic E-state index is 0.000429. The molecule has 1 heterocycles. The van der Waals surface area contributed by atoms with Crippen molar-refractivity contribution in [1.29, 1.82) is 0 Å². The van der Waals surface area contributed by atoms with Gasteiger partial charge in [-0.25, -0.2) is 4.98 Å². The van der Waals surface area contributed by atoms with Crippen molar-refractivity contribution in [3.63, 3.8) is 0 Å². The van der Waals surface area contributed by atoms with Gasteiger partial charge in [0.25, 0.3) is 0 Å². The molecule has 0 bridgehead atoms. The van der Waals surface area contributed by atoms with Gasteiger partial charge in [0.05, 0.1) is 4.88 Å². The van der Waals surface area contributed by atoms with E-state index < -0.39 is 0 Å². The van der Waals surface area contributed by atoms with Crippen LogP contribution in [-0.2, 0) is 11.2 Å². The number of rotatable bonds is 5. The van der Waals surface area contributed by atoms with E-state index in [1.165, 1.54) is 22.5 Å². The van der Waals surface area contributed by atoms with E-state index in [1.807, 2.05) is 30.3 Å². The second kappa shape index (κ2) is 7.20. The summed E-state index contributed by atoms with van der Waals surface area (Å²) in [5.41, 5.74) is 3.52. The molecule has 3 rings (SSSR count). The SMILES string of the molecule is Cc1ccc(CCC(=O)Nc2ncc(-c3ccccc3)s2)cc1. The molecule has 0 atom stereocenters. The topological polar surface area (TPSA) is 42.0 Å². The Labute approximate surface area is 140 Å². The maximum atomic E-state index is 12.1. The lowest BCUT2D eigenvalue weighted by Gasteiger charge is -2.03. The number of nitrogens with zero attached hydrogens (tertiary/aromatic N) is 1. The zero-order chi connectivity index (χ0) is 16.1. The number of thiazole rings is 1. The summed E-state index contributed by atoms with van der Waals surface area (Å²) in [6.45, 7) is 2.06. The molecule has 0 fully saturated rings. The van der Waals surface area contributed by atoms with Crippen LogP contribution in [0.3, 0.4) is 0 Å². The van der Waals surface area contributed by atoms with Crippen molar-refractivity contribution in [2.75, 3.05) is 5.32 Å². The van der Waals surface area contributed by atoms with Gasteiger partial charge in [0.1, 0.15) is 0 Å². The Balaban J connectivity index is 1.56. The lowest BCUT2D eigenvalue weighted by Crippen LogP contribution is -2.11. The van der Waals surface area contributed by atoms with Crippen LogP contribution in [0.15, 0.2) is 60.8 Å². The molecule has 0 aliphatic rings. The first kappa shape index (κ1) is 15.4. The lowest BCUT2D eigenvalue weighted by atomic mass is 10.1. The molecule has 2 aromatic carbocycles. The predicted molar refractivity (Wildman–Crippen MR) is 95.7 cm³/mol. The first-order valence-electron chi connectivity index (χ1n) is 7.57. The fourth-order valence-electron chi connectivity index (χ4n) is 2.26. The van der Waals surface area contributed by atoms with Gasteiger partial charge in [-0.15, -0.1) is 0 Å². The minimum atomic E-state index is -0.000429. The number of carbonyl (C=O) groups excluding carboxylic acids is 1. The highest BCUT2D eigenvalue weighted by atomic mass is 32.1. The van der Waals surface area contributed by atoms with E-state index in [2.05, 4.69) is 41.5 Å². The smallest absolute Gasteiger partial charge is 0.226 e. The van der Waals surface area contributed by atoms with Gasteiger partial charge < -0.3 is 5.32 Å². The fourth-order valence-corrected chi connectivity index (χ4v) is 3.10. The average molecular weight is 322 g/mol. The summed E-state index contributed by atoms with van der Waals surface area (Å²) in [6, 6.07) is 18.3. The van der Waals surface area contributed by atoms with Crippen molar-refractivity contribution in [2.45, 2.75) is 19.8 Å². The van der Waals surface area contributed by atoms with E-state index in [0.29, 0.717) is 11.6 Å². The molecule has 0 unspecified atom stereocenters. The highest BCUT2D eigenvalue weighted by molar-refractivity contribution is 7.19. The normalized spacial score (nSPS) is 10.5. The highest BCUT2D eigenvalue weighted by Crippen LogP contribution is 2.28. The van der Waals surface area contributed by atoms with E-state index in [0.717, 1.165) is 16.9 Å². The summed E-state index contributed by atoms with van der Waals surface area (Å²) < 4.78 is 0. The van der Waals surface area contributed by atoms with Crippen LogP contribution in [0.5, 0.6) is 0 Å². The molecule has 23 heavy (non-hydrogen) atoms. The molecule has 0 saturated heterocycles. The second-order valence-electron chi connectivity index (χ2n) is 5.43. The van der Waals surface area contributed by atoms with Gasteiger partial charge in [-0.1, -0.05) is 71.5 Å². The molecule has 3 aromatic rings. The van der Waals surface area contributed by atoms with E-state index >= 15 is 0 Å². The molecule has 4 heteroatoms. The number of aromatic nitrogens is 1. The average Bonchev–Trinajstić information content (AvgIpc) is 3.04. The molecule has 3 nitrogen and oxygen atoms in total. The molecule has 0 aliphatic carbocycles. The standard InChI is InChI=1S/C19H18N2OS/c1-14-7-9-15(10-8-14)11-12-18(22)21-19-20-13-17(23-19)16-5-3-2-4-6-16/h2-10,13H,11-12H2,1H3,(H,20,21,22). The number of anilines is 1. The quantitative estimate of drug-likeness (QED) is 0.740. The third-order valence-electron chi connectivity index (χ3n) is 3.57. The minimum Gasteiger partial charge on any atom is -0.302 e. The van der Waals surface area contributed by atoms with E-state index in [1.54, 1.807) is 6.20 Å². The molecular weight excluding hydrogens is 304 g/mol. The van der Waals surface area contributed by atoms with E-state index in [9.17, 15) is 4.79 Å². The maximum Gasteiger partial charge on any atom is 0.226 e. The zero-order valence-corrected chi connectivity index (χ0v) is 13.8. The van der Waals surface area contributed by atoms with Crippen molar-refractivity contribution in [3.05, 3.63) is 71.9 Å². The summed E-state index contributed by atoms with van der Waals surface area (Å²) in [5.74, 6) is -0.000429. The summed E-state index contributed by atoms with van der Waals surface area (Å²) in [5, 5.41) is 3.53. The molecule has 1 N–H and O–H groups in total. The van der Waals surface area contributed by atoms with E-state index in [4.69, 9.17) is 0 Å². The maximum absolute atomic E-state index is 12.1. The van der Waals surface area contributed by atoms with E-state index in [-0.39, 0.29) is 5.91 Å². The Morgan fingerprint density at radius 3 is 2.57 bits per heavy atom. The van der Waals surface area contributed by atoms with Gasteiger partial charge in [0, 0.05) is 12.6 Å². The summed E-state index contributed by atoms with van der Waals surface area (Å²) in [4.78, 5) is 17.4. The molecule has 1 aromatic heterocycles. The van der Waals surface area contributed by atoms with Crippen LogP contribution < -0.4 is 5.32 Å². The zero-order valence-electron chi connectivity index (χ0n) is 13.0. The van der Waals surface area contributed by atoms with Crippen LogP contribution in [0.1, 0.15) is 17.5 Å². The number of amides is 1. The molecular formula is C19H18N2OS. The van der Waals surface area contributed by atoms with Gasteiger partial charge in [0.2, 0.25) is 5.91 Å². The number of carbonyl (C=O) groups is 1. The molecule has 116 valence electrons. The summed E-state index contributed by atoms with van der Waals surface area (Å²) in [7, 11) is 0. The number of hydrogen-bond acceptors (Lipinski definition) is 3. The van der Waals surface area contributed by atoms with Crippen molar-refractivity contribution in [3.8, 4) is 10.4 Å². The Morgan fingerprint density at radius 2 is 1.83 bits per heavy atom. The van der Waals surface area contributed by atoms with Crippen LogP contribution in [0.2, 0.25) is 0 Å². The summed E-state index contributed by atoms with van der Waals surface area (Å²) in [6.07, 6.45) is 3.00. The van der Waals surface area contributed by atoms with Crippen LogP contribution >= 0.6 is 11.3 Å². The van der Waals surface area contributed by atoms with Gasteiger partial charge in [-0.2, -0.15) is 0 Å². The van der Waals surface area contributed by atoms with Crippen molar-refractivity contribution >= 4 is 22.4 Å². The first-order chi connectivity index (χ1) is 11.2. The number of aryl methyl sites for hydroxylation is 2. The van der Waals surface area contributed by atoms with Crippen LogP contribution in [0, 0.1) is 6.92 Å². The third-order valence-corrected chi connectivity index (χ3v) is 4.53. The first-order valence-corrected chi connectivity index (χ1v) is 8.39. The van der Waals surface area contributed by atoms with Crippen molar-refractivity contribution in [2.24, 2.45) is 0 Å². The molecule has 0 spiro atoms. The molecule has 0 saturated carbocycles. The van der Waals surface area contributed by atoms with Gasteiger partial charge in [0.15, 0.2) is 5.13 Å². The van der Waals surface area contributed by atoms with Gasteiger partial charge in [-0.3, -0.25) is 4.79 Å². The van der Waals surface area contributed by atoms with Crippen LogP contribution in [-0.4, -0.2) is 10.9 Å². The Bertz CT molecular complexity index is 779. The molecule has 0 aliphatic heterocycles. The number of nitrogens with one attached hydrogen (secondary N) is 1. The van der Waals surface area contributed by atoms with Crippen molar-refractivity contribution in [1.82, 2.24) is 4.98 Å². The predicted octanol–water partition coefficient (Wildman–Crippen LogP) is 4.69. The van der Waals surface area contributed by atoms with Crippen LogP contribution in [0.4, 0.5) is 5.13 Å². The highest BCUT2D eigenvalue weighted by Gasteiger charge is 2.08. The van der Waals surface area contributed by atoms with Gasteiger partial charge in [-0.05, 0) is 24.5 Å². The fraction of sp³-hybridized carbons (Fsp3) is 0.158. The van der Waals surface area contributed by atoms with Crippen LogP contribution in [0.25, 0.3) is 10.4 Å². The monoisotopic (exact) mass is 322 g/mol. The third kappa shape index (κ3) is 4.27. The summed E-state index contributed by atoms with van der Waals surface area (Å²) >= 11 is 1.49. The molecule has 0 radical (unpaired) electrons. The number of benzene rings is 2. The van der Waals surface area contributed by atoms with Crippen molar-refractivity contribution < 1.29 is 4.79 Å².